The highest BCUT2D eigenvalue weighted by atomic mass is 35.5. The van der Waals surface area contributed by atoms with Crippen molar-refractivity contribution >= 4 is 29.3 Å². The van der Waals surface area contributed by atoms with Crippen molar-refractivity contribution in [3.63, 3.8) is 0 Å². The van der Waals surface area contributed by atoms with Crippen LogP contribution in [0.25, 0.3) is 0 Å². The molecule has 0 aromatic heterocycles. The second-order valence-corrected chi connectivity index (χ2v) is 11.3. The van der Waals surface area contributed by atoms with Gasteiger partial charge in [0.05, 0.1) is 29.7 Å². The first kappa shape index (κ1) is 29.2. The molecule has 1 aliphatic rings. The molecule has 2 aromatic rings. The van der Waals surface area contributed by atoms with Crippen molar-refractivity contribution in [2.24, 2.45) is 5.41 Å². The summed E-state index contributed by atoms with van der Waals surface area (Å²) in [5.41, 5.74) is -0.840. The Bertz CT molecular complexity index is 1140. The molecule has 3 rings (SSSR count). The summed E-state index contributed by atoms with van der Waals surface area (Å²) in [7, 11) is 0. The maximum absolute atomic E-state index is 15.5. The third kappa shape index (κ3) is 6.54. The van der Waals surface area contributed by atoms with Gasteiger partial charge in [-0.15, -0.1) is 0 Å². The Morgan fingerprint density at radius 2 is 1.95 bits per heavy atom. The number of hydrogen-bond donors (Lipinski definition) is 4. The van der Waals surface area contributed by atoms with Crippen LogP contribution < -0.4 is 10.6 Å². The molecule has 0 radical (unpaired) electrons. The molecule has 0 bridgehead atoms. The van der Waals surface area contributed by atoms with E-state index in [9.17, 15) is 15.2 Å². The Hall–Kier alpha value is -2.41. The lowest BCUT2D eigenvalue weighted by Crippen LogP contribution is -2.44. The van der Waals surface area contributed by atoms with Crippen LogP contribution in [0, 0.1) is 22.6 Å². The van der Waals surface area contributed by atoms with Gasteiger partial charge in [0.2, 0.25) is 0 Å². The number of rotatable bonds is 8. The third-order valence-electron chi connectivity index (χ3n) is 6.54. The summed E-state index contributed by atoms with van der Waals surface area (Å²) in [4.78, 5) is 12.7. The van der Waals surface area contributed by atoms with E-state index in [-0.39, 0.29) is 29.0 Å². The van der Waals surface area contributed by atoms with E-state index in [0.717, 1.165) is 0 Å². The van der Waals surface area contributed by atoms with Crippen LogP contribution in [-0.4, -0.2) is 47.8 Å². The van der Waals surface area contributed by atoms with Crippen LogP contribution in [0.15, 0.2) is 42.5 Å². The van der Waals surface area contributed by atoms with Crippen molar-refractivity contribution < 1.29 is 24.1 Å². The van der Waals surface area contributed by atoms with Crippen LogP contribution in [-0.2, 0) is 10.2 Å². The van der Waals surface area contributed by atoms with E-state index >= 15 is 4.39 Å². The van der Waals surface area contributed by atoms with Gasteiger partial charge in [0.1, 0.15) is 11.2 Å². The third-order valence-corrected chi connectivity index (χ3v) is 7.08. The van der Waals surface area contributed by atoms with E-state index in [1.165, 1.54) is 6.07 Å². The van der Waals surface area contributed by atoms with Crippen LogP contribution in [0.3, 0.4) is 0 Å². The van der Waals surface area contributed by atoms with Gasteiger partial charge in [0, 0.05) is 17.6 Å². The minimum atomic E-state index is -1.35. The van der Waals surface area contributed by atoms with E-state index in [4.69, 9.17) is 33.0 Å². The molecule has 0 spiro atoms. The van der Waals surface area contributed by atoms with Gasteiger partial charge < -0.3 is 20.3 Å². The predicted octanol–water partition coefficient (Wildman–Crippen LogP) is 4.88. The van der Waals surface area contributed by atoms with Gasteiger partial charge in [-0.25, -0.2) is 9.18 Å². The van der Waals surface area contributed by atoms with Crippen molar-refractivity contribution in [1.82, 2.24) is 10.6 Å². The van der Waals surface area contributed by atoms with Gasteiger partial charge in [-0.05, 0) is 47.6 Å². The summed E-state index contributed by atoms with van der Waals surface area (Å²) < 4.78 is 21.3. The van der Waals surface area contributed by atoms with Crippen LogP contribution in [0.2, 0.25) is 10.0 Å². The average Bonchev–Trinajstić information content (AvgIpc) is 3.12. The average molecular weight is 552 g/mol. The van der Waals surface area contributed by atoms with E-state index in [2.05, 4.69) is 16.7 Å². The van der Waals surface area contributed by atoms with Crippen molar-refractivity contribution in [3.8, 4) is 6.07 Å². The minimum absolute atomic E-state index is 0.0511. The van der Waals surface area contributed by atoms with Crippen LogP contribution >= 0.6 is 23.2 Å². The molecule has 37 heavy (non-hydrogen) atoms. The van der Waals surface area contributed by atoms with Crippen molar-refractivity contribution in [3.05, 3.63) is 69.5 Å². The van der Waals surface area contributed by atoms with Gasteiger partial charge in [0.15, 0.2) is 6.23 Å². The fourth-order valence-electron chi connectivity index (χ4n) is 4.89. The standard InChI is InChI=1S/C27H32Cl2FN3O4/c1-26(2,3)13-21-27(15-31,16-7-9-17(28)10-8-16)22(19-5-4-6-20(29)23(19)30)24(33-21)37-25(36)32-12-11-18(35)14-34/h4-10,18,21-22,24,33-35H,11-14H2,1-3H3,(H,32,36)/t18-,21-,22-,24+,27-/m0/s1. The summed E-state index contributed by atoms with van der Waals surface area (Å²) in [6.45, 7) is 5.70. The topological polar surface area (TPSA) is 115 Å². The zero-order valence-electron chi connectivity index (χ0n) is 21.0. The molecule has 1 saturated heterocycles. The fraction of sp³-hybridized carbons (Fsp3) is 0.481. The number of alkyl carbamates (subject to hydrolysis) is 1. The lowest BCUT2D eigenvalue weighted by molar-refractivity contribution is 0.0685. The number of carbonyl (C=O) groups excluding carboxylic acids is 1. The molecule has 0 aliphatic carbocycles. The molecular formula is C27H32Cl2FN3O4. The molecule has 1 amide bonds. The summed E-state index contributed by atoms with van der Waals surface area (Å²) in [5, 5.41) is 35.5. The summed E-state index contributed by atoms with van der Waals surface area (Å²) >= 11 is 12.3. The number of carbonyl (C=O) groups is 1. The lowest BCUT2D eigenvalue weighted by Gasteiger charge is -2.37. The Balaban J connectivity index is 2.11. The molecule has 2 aromatic carbocycles. The van der Waals surface area contributed by atoms with Gasteiger partial charge >= 0.3 is 6.09 Å². The van der Waals surface area contributed by atoms with Crippen LogP contribution in [0.5, 0.6) is 0 Å². The summed E-state index contributed by atoms with van der Waals surface area (Å²) in [5.74, 6) is -1.65. The molecule has 1 heterocycles. The SMILES string of the molecule is CC(C)(C)C[C@@H]1N[C@H](OC(=O)NCC[C@H](O)CO)[C@H](c2cccc(Cl)c2F)[C@@]1(C#N)c1ccc(Cl)cc1. The monoisotopic (exact) mass is 551 g/mol. The first-order chi connectivity index (χ1) is 17.4. The number of benzene rings is 2. The second kappa shape index (κ2) is 12.0. The lowest BCUT2D eigenvalue weighted by atomic mass is 9.64. The fourth-order valence-corrected chi connectivity index (χ4v) is 5.20. The van der Waals surface area contributed by atoms with E-state index in [1.54, 1.807) is 36.4 Å². The molecule has 4 N–H and O–H groups in total. The molecule has 200 valence electrons. The zero-order chi connectivity index (χ0) is 27.4. The normalized spacial score (nSPS) is 24.4. The molecule has 5 atom stereocenters. The highest BCUT2D eigenvalue weighted by molar-refractivity contribution is 6.31. The van der Waals surface area contributed by atoms with Crippen LogP contribution in [0.1, 0.15) is 50.7 Å². The van der Waals surface area contributed by atoms with Gasteiger partial charge in [0.25, 0.3) is 0 Å². The number of amides is 1. The van der Waals surface area contributed by atoms with Gasteiger partial charge in [-0.3, -0.25) is 5.32 Å². The Morgan fingerprint density at radius 1 is 1.27 bits per heavy atom. The Labute approximate surface area is 226 Å². The highest BCUT2D eigenvalue weighted by Gasteiger charge is 2.60. The number of nitriles is 1. The molecule has 1 aliphatic heterocycles. The number of nitrogens with zero attached hydrogens (tertiary/aromatic N) is 1. The predicted molar refractivity (Wildman–Crippen MR) is 140 cm³/mol. The van der Waals surface area contributed by atoms with Crippen molar-refractivity contribution in [2.45, 2.75) is 63.3 Å². The molecule has 0 unspecified atom stereocenters. The maximum Gasteiger partial charge on any atom is 0.408 e. The van der Waals surface area contributed by atoms with Crippen LogP contribution in [0.4, 0.5) is 9.18 Å². The number of aliphatic hydroxyl groups excluding tert-OH is 2. The quantitative estimate of drug-likeness (QED) is 0.371. The molecule has 7 nitrogen and oxygen atoms in total. The minimum Gasteiger partial charge on any atom is -0.430 e. The number of halogens is 3. The first-order valence-electron chi connectivity index (χ1n) is 12.0. The Morgan fingerprint density at radius 3 is 2.54 bits per heavy atom. The number of aliphatic hydroxyl groups is 2. The largest absolute Gasteiger partial charge is 0.430 e. The molecule has 0 saturated carbocycles. The number of ether oxygens (including phenoxy) is 1. The second-order valence-electron chi connectivity index (χ2n) is 10.5. The van der Waals surface area contributed by atoms with Crippen molar-refractivity contribution in [2.75, 3.05) is 13.2 Å². The van der Waals surface area contributed by atoms with E-state index < -0.39 is 48.2 Å². The summed E-state index contributed by atoms with van der Waals surface area (Å²) in [6, 6.07) is 13.3. The van der Waals surface area contributed by atoms with Crippen molar-refractivity contribution in [1.29, 1.82) is 5.26 Å². The summed E-state index contributed by atoms with van der Waals surface area (Å²) in [6.07, 6.45) is -2.25. The first-order valence-corrected chi connectivity index (χ1v) is 12.8. The highest BCUT2D eigenvalue weighted by Crippen LogP contribution is 2.52. The van der Waals surface area contributed by atoms with E-state index in [1.807, 2.05) is 20.8 Å². The molecule has 10 heteroatoms. The number of nitrogens with one attached hydrogen (secondary N) is 2. The van der Waals surface area contributed by atoms with Gasteiger partial charge in [-0.2, -0.15) is 5.26 Å². The van der Waals surface area contributed by atoms with E-state index in [0.29, 0.717) is 17.0 Å². The molecular weight excluding hydrogens is 520 g/mol. The molecule has 1 fully saturated rings. The smallest absolute Gasteiger partial charge is 0.408 e. The maximum atomic E-state index is 15.5. The number of hydrogen-bond acceptors (Lipinski definition) is 6. The zero-order valence-corrected chi connectivity index (χ0v) is 22.5. The Kier molecular flexibility index (Phi) is 9.43. The van der Waals surface area contributed by atoms with Gasteiger partial charge in [-0.1, -0.05) is 68.2 Å².